The van der Waals surface area contributed by atoms with Gasteiger partial charge >= 0.3 is 0 Å². The molecular formula is C26H25ClN4O4. The fourth-order valence-corrected chi connectivity index (χ4v) is 4.26. The van der Waals surface area contributed by atoms with Crippen LogP contribution in [0.2, 0.25) is 5.02 Å². The van der Waals surface area contributed by atoms with Gasteiger partial charge in [0.25, 0.3) is 17.5 Å². The molecule has 9 heteroatoms. The minimum atomic E-state index is -0.637. The molecule has 8 nitrogen and oxygen atoms in total. The number of piperidine rings is 1. The van der Waals surface area contributed by atoms with E-state index in [9.17, 15) is 19.7 Å². The molecule has 1 fully saturated rings. The molecule has 180 valence electrons. The van der Waals surface area contributed by atoms with Crippen molar-refractivity contribution in [3.63, 3.8) is 0 Å². The van der Waals surface area contributed by atoms with Gasteiger partial charge in [0, 0.05) is 42.6 Å². The monoisotopic (exact) mass is 492 g/mol. The maximum absolute atomic E-state index is 13.2. The van der Waals surface area contributed by atoms with Crippen LogP contribution in [0.1, 0.15) is 45.5 Å². The number of halogens is 1. The zero-order chi connectivity index (χ0) is 24.8. The Morgan fingerprint density at radius 3 is 2.40 bits per heavy atom. The molecule has 0 aliphatic carbocycles. The van der Waals surface area contributed by atoms with Crippen LogP contribution in [0.25, 0.3) is 0 Å². The van der Waals surface area contributed by atoms with E-state index in [1.54, 1.807) is 12.1 Å². The van der Waals surface area contributed by atoms with Gasteiger partial charge in [0.2, 0.25) is 0 Å². The summed E-state index contributed by atoms with van der Waals surface area (Å²) in [6.45, 7) is 2.10. The highest BCUT2D eigenvalue weighted by Crippen LogP contribution is 2.29. The molecule has 0 atom stereocenters. The van der Waals surface area contributed by atoms with E-state index in [1.165, 1.54) is 12.1 Å². The summed E-state index contributed by atoms with van der Waals surface area (Å²) in [6, 6.07) is 18.7. The molecule has 3 aromatic carbocycles. The van der Waals surface area contributed by atoms with Crippen molar-refractivity contribution in [2.75, 3.05) is 23.3 Å². The lowest BCUT2D eigenvalue weighted by molar-refractivity contribution is -0.384. The third-order valence-corrected chi connectivity index (χ3v) is 6.22. The minimum absolute atomic E-state index is 0.0465. The van der Waals surface area contributed by atoms with Gasteiger partial charge in [0.05, 0.1) is 10.5 Å². The second-order valence-electron chi connectivity index (χ2n) is 8.33. The molecule has 1 saturated heterocycles. The number of amides is 2. The van der Waals surface area contributed by atoms with E-state index in [4.69, 9.17) is 11.6 Å². The van der Waals surface area contributed by atoms with Gasteiger partial charge in [-0.15, -0.1) is 0 Å². The Bertz CT molecular complexity index is 1240. The summed E-state index contributed by atoms with van der Waals surface area (Å²) in [5, 5.41) is 16.8. The van der Waals surface area contributed by atoms with Crippen LogP contribution in [0.5, 0.6) is 0 Å². The van der Waals surface area contributed by atoms with Gasteiger partial charge in [-0.1, -0.05) is 41.9 Å². The number of carbonyl (C=O) groups is 2. The topological polar surface area (TPSA) is 105 Å². The largest absolute Gasteiger partial charge is 0.371 e. The predicted molar refractivity (Wildman–Crippen MR) is 136 cm³/mol. The van der Waals surface area contributed by atoms with Gasteiger partial charge in [-0.2, -0.15) is 0 Å². The van der Waals surface area contributed by atoms with Gasteiger partial charge < -0.3 is 15.5 Å². The second-order valence-corrected chi connectivity index (χ2v) is 8.73. The third kappa shape index (κ3) is 5.96. The van der Waals surface area contributed by atoms with Crippen LogP contribution in [0, 0.1) is 10.1 Å². The second kappa shape index (κ2) is 11.0. The van der Waals surface area contributed by atoms with E-state index in [2.05, 4.69) is 15.5 Å². The lowest BCUT2D eigenvalue weighted by Gasteiger charge is -2.30. The van der Waals surface area contributed by atoms with Crippen LogP contribution in [-0.2, 0) is 6.54 Å². The molecule has 4 rings (SSSR count). The summed E-state index contributed by atoms with van der Waals surface area (Å²) in [7, 11) is 0. The summed E-state index contributed by atoms with van der Waals surface area (Å²) in [4.78, 5) is 38.7. The van der Waals surface area contributed by atoms with Crippen molar-refractivity contribution in [3.05, 3.63) is 98.6 Å². The van der Waals surface area contributed by atoms with Crippen LogP contribution in [0.15, 0.2) is 66.7 Å². The average molecular weight is 493 g/mol. The Morgan fingerprint density at radius 2 is 1.69 bits per heavy atom. The molecule has 0 bridgehead atoms. The first kappa shape index (κ1) is 24.2. The van der Waals surface area contributed by atoms with Crippen molar-refractivity contribution in [3.8, 4) is 0 Å². The van der Waals surface area contributed by atoms with Crippen molar-refractivity contribution in [1.82, 2.24) is 5.32 Å². The maximum Gasteiger partial charge on any atom is 0.288 e. The van der Waals surface area contributed by atoms with Gasteiger partial charge in [-0.05, 0) is 55.2 Å². The predicted octanol–water partition coefficient (Wildman–Crippen LogP) is 5.42. The molecule has 3 aromatic rings. The highest BCUT2D eigenvalue weighted by Gasteiger charge is 2.21. The number of rotatable bonds is 7. The molecule has 1 heterocycles. The highest BCUT2D eigenvalue weighted by molar-refractivity contribution is 6.32. The van der Waals surface area contributed by atoms with Gasteiger partial charge in [-0.25, -0.2) is 0 Å². The first-order valence-electron chi connectivity index (χ1n) is 11.4. The minimum Gasteiger partial charge on any atom is -0.371 e. The van der Waals surface area contributed by atoms with Gasteiger partial charge in [-0.3, -0.25) is 19.7 Å². The molecular weight excluding hydrogens is 468 g/mol. The summed E-state index contributed by atoms with van der Waals surface area (Å²) >= 11 is 5.85. The van der Waals surface area contributed by atoms with Crippen LogP contribution in [-0.4, -0.2) is 29.8 Å². The molecule has 0 spiro atoms. The van der Waals surface area contributed by atoms with Crippen molar-refractivity contribution in [1.29, 1.82) is 0 Å². The number of benzene rings is 3. The van der Waals surface area contributed by atoms with E-state index in [0.29, 0.717) is 17.8 Å². The van der Waals surface area contributed by atoms with Gasteiger partial charge in [0.1, 0.15) is 5.02 Å². The molecule has 0 unspecified atom stereocenters. The summed E-state index contributed by atoms with van der Waals surface area (Å²) in [6.07, 6.45) is 3.27. The number of nitrogens with zero attached hydrogens (tertiary/aromatic N) is 2. The Morgan fingerprint density at radius 1 is 0.943 bits per heavy atom. The number of hydrogen-bond acceptors (Lipinski definition) is 5. The molecule has 1 aliphatic rings. The molecule has 2 N–H and O–H groups in total. The van der Waals surface area contributed by atoms with E-state index >= 15 is 0 Å². The fourth-order valence-electron chi connectivity index (χ4n) is 4.08. The lowest BCUT2D eigenvalue weighted by Crippen LogP contribution is -2.32. The SMILES string of the molecule is O=C(Nc1ccc(N2CCCCC2)c(C(=O)NCc2ccccc2)c1)c1ccc(Cl)c([N+](=O)[O-])c1. The van der Waals surface area contributed by atoms with E-state index < -0.39 is 10.8 Å². The summed E-state index contributed by atoms with van der Waals surface area (Å²) in [5.74, 6) is -0.779. The zero-order valence-electron chi connectivity index (χ0n) is 19.0. The number of anilines is 2. The zero-order valence-corrected chi connectivity index (χ0v) is 19.8. The molecule has 2 amide bonds. The third-order valence-electron chi connectivity index (χ3n) is 5.90. The van der Waals surface area contributed by atoms with Crippen LogP contribution in [0.4, 0.5) is 17.1 Å². The molecule has 0 radical (unpaired) electrons. The molecule has 35 heavy (non-hydrogen) atoms. The Balaban J connectivity index is 1.58. The summed E-state index contributed by atoms with van der Waals surface area (Å²) < 4.78 is 0. The van der Waals surface area contributed by atoms with E-state index in [-0.39, 0.29) is 22.2 Å². The van der Waals surface area contributed by atoms with Gasteiger partial charge in [0.15, 0.2) is 0 Å². The first-order chi connectivity index (χ1) is 16.9. The lowest BCUT2D eigenvalue weighted by atomic mass is 10.1. The maximum atomic E-state index is 13.2. The van der Waals surface area contributed by atoms with Crippen molar-refractivity contribution in [2.24, 2.45) is 0 Å². The normalized spacial score (nSPS) is 13.2. The van der Waals surface area contributed by atoms with Crippen molar-refractivity contribution < 1.29 is 14.5 Å². The Kier molecular flexibility index (Phi) is 7.62. The molecule has 0 aromatic heterocycles. The highest BCUT2D eigenvalue weighted by atomic mass is 35.5. The molecule has 0 saturated carbocycles. The number of carbonyl (C=O) groups excluding carboxylic acids is 2. The van der Waals surface area contributed by atoms with Crippen LogP contribution >= 0.6 is 11.6 Å². The fraction of sp³-hybridized carbons (Fsp3) is 0.231. The quantitative estimate of drug-likeness (QED) is 0.338. The smallest absolute Gasteiger partial charge is 0.288 e. The Labute approximate surface area is 208 Å². The first-order valence-corrected chi connectivity index (χ1v) is 11.8. The number of hydrogen-bond donors (Lipinski definition) is 2. The number of nitro benzene ring substituents is 1. The molecule has 1 aliphatic heterocycles. The van der Waals surface area contributed by atoms with Crippen LogP contribution < -0.4 is 15.5 Å². The summed E-state index contributed by atoms with van der Waals surface area (Å²) in [5.41, 5.74) is 2.42. The van der Waals surface area contributed by atoms with Crippen molar-refractivity contribution >= 4 is 40.5 Å². The van der Waals surface area contributed by atoms with Crippen LogP contribution in [0.3, 0.4) is 0 Å². The number of nitro groups is 1. The van der Waals surface area contributed by atoms with E-state index in [1.807, 2.05) is 36.4 Å². The van der Waals surface area contributed by atoms with E-state index in [0.717, 1.165) is 49.7 Å². The van der Waals surface area contributed by atoms with Crippen molar-refractivity contribution in [2.45, 2.75) is 25.8 Å². The average Bonchev–Trinajstić information content (AvgIpc) is 2.88. The standard InChI is InChI=1S/C26H25ClN4O4/c27-22-11-9-19(15-24(22)31(34)35)25(32)29-20-10-12-23(30-13-5-2-6-14-30)21(16-20)26(33)28-17-18-7-3-1-4-8-18/h1,3-4,7-12,15-16H,2,5-6,13-14,17H2,(H,28,33)(H,29,32). The number of nitrogens with one attached hydrogen (secondary N) is 2. The Hall–Kier alpha value is -3.91.